The van der Waals surface area contributed by atoms with Crippen LogP contribution in [-0.2, 0) is 29.0 Å². The molecule has 5 nitrogen and oxygen atoms in total. The second kappa shape index (κ2) is 13.3. The summed E-state index contributed by atoms with van der Waals surface area (Å²) in [6.07, 6.45) is 2.57. The van der Waals surface area contributed by atoms with E-state index < -0.39 is 6.04 Å². The van der Waals surface area contributed by atoms with Crippen molar-refractivity contribution in [1.29, 1.82) is 0 Å². The fraction of sp³-hybridized carbons (Fsp3) is 0.333. The Labute approximate surface area is 209 Å². The number of ether oxygens (including phenoxy) is 1. The number of nitrogens with one attached hydrogen (secondary N) is 1. The van der Waals surface area contributed by atoms with Crippen molar-refractivity contribution in [3.8, 4) is 5.75 Å². The Kier molecular flexibility index (Phi) is 9.91. The van der Waals surface area contributed by atoms with Gasteiger partial charge in [0.25, 0.3) is 0 Å². The number of hydrogen-bond donors (Lipinski definition) is 1. The van der Waals surface area contributed by atoms with Crippen LogP contribution in [0.5, 0.6) is 5.75 Å². The molecule has 0 radical (unpaired) electrons. The molecule has 1 atom stereocenters. The predicted octanol–water partition coefficient (Wildman–Crippen LogP) is 5.10. The minimum Gasteiger partial charge on any atom is -0.497 e. The van der Waals surface area contributed by atoms with E-state index in [0.29, 0.717) is 19.5 Å². The Bertz CT molecular complexity index is 1080. The number of unbranched alkanes of at least 4 members (excludes halogenated alkanes) is 1. The fourth-order valence-electron chi connectivity index (χ4n) is 4.05. The maximum absolute atomic E-state index is 13.8. The van der Waals surface area contributed by atoms with Crippen molar-refractivity contribution in [2.24, 2.45) is 0 Å². The molecule has 0 saturated carbocycles. The van der Waals surface area contributed by atoms with Gasteiger partial charge in [-0.15, -0.1) is 0 Å². The molecular formula is C30H36N2O3. The Morgan fingerprint density at radius 1 is 0.914 bits per heavy atom. The highest BCUT2D eigenvalue weighted by Crippen LogP contribution is 2.19. The zero-order valence-corrected chi connectivity index (χ0v) is 21.0. The van der Waals surface area contributed by atoms with Gasteiger partial charge < -0.3 is 15.0 Å². The molecule has 0 fully saturated rings. The molecule has 0 aliphatic heterocycles. The van der Waals surface area contributed by atoms with Crippen LogP contribution in [0.25, 0.3) is 0 Å². The lowest BCUT2D eigenvalue weighted by Crippen LogP contribution is -2.51. The van der Waals surface area contributed by atoms with Crippen molar-refractivity contribution < 1.29 is 14.3 Å². The molecule has 0 aromatic heterocycles. The third kappa shape index (κ3) is 7.71. The number of aryl methyl sites for hydroxylation is 1. The zero-order chi connectivity index (χ0) is 25.0. The number of rotatable bonds is 12. The summed E-state index contributed by atoms with van der Waals surface area (Å²) in [7, 11) is 1.62. The van der Waals surface area contributed by atoms with E-state index in [9.17, 15) is 9.59 Å². The normalized spacial score (nSPS) is 11.5. The van der Waals surface area contributed by atoms with Gasteiger partial charge in [-0.2, -0.15) is 0 Å². The second-order valence-corrected chi connectivity index (χ2v) is 8.82. The van der Waals surface area contributed by atoms with E-state index >= 15 is 0 Å². The van der Waals surface area contributed by atoms with Crippen LogP contribution in [0.4, 0.5) is 0 Å². The fourth-order valence-corrected chi connectivity index (χ4v) is 4.05. The van der Waals surface area contributed by atoms with E-state index in [-0.39, 0.29) is 18.2 Å². The molecule has 35 heavy (non-hydrogen) atoms. The summed E-state index contributed by atoms with van der Waals surface area (Å²) in [5.41, 5.74) is 4.04. The van der Waals surface area contributed by atoms with Gasteiger partial charge in [-0.3, -0.25) is 9.59 Å². The lowest BCUT2D eigenvalue weighted by atomic mass is 10.0. The lowest BCUT2D eigenvalue weighted by molar-refractivity contribution is -0.140. The van der Waals surface area contributed by atoms with Gasteiger partial charge >= 0.3 is 0 Å². The van der Waals surface area contributed by atoms with E-state index in [1.807, 2.05) is 85.8 Å². The predicted molar refractivity (Wildman–Crippen MR) is 140 cm³/mol. The van der Waals surface area contributed by atoms with Crippen molar-refractivity contribution in [2.45, 2.75) is 52.1 Å². The van der Waals surface area contributed by atoms with E-state index in [1.54, 1.807) is 12.0 Å². The van der Waals surface area contributed by atoms with E-state index in [0.717, 1.165) is 40.8 Å². The highest BCUT2D eigenvalue weighted by atomic mass is 16.5. The van der Waals surface area contributed by atoms with Crippen LogP contribution in [0, 0.1) is 6.92 Å². The van der Waals surface area contributed by atoms with Gasteiger partial charge in [0.1, 0.15) is 11.8 Å². The average molecular weight is 473 g/mol. The summed E-state index contributed by atoms with van der Waals surface area (Å²) in [5.74, 6) is 0.555. The smallest absolute Gasteiger partial charge is 0.243 e. The molecule has 3 rings (SSSR count). The molecule has 0 bridgehead atoms. The monoisotopic (exact) mass is 472 g/mol. The number of carbonyl (C=O) groups is 2. The van der Waals surface area contributed by atoms with E-state index in [2.05, 4.69) is 12.2 Å². The van der Waals surface area contributed by atoms with Crippen molar-refractivity contribution in [3.05, 3.63) is 101 Å². The summed E-state index contributed by atoms with van der Waals surface area (Å²) < 4.78 is 5.25. The van der Waals surface area contributed by atoms with Crippen molar-refractivity contribution in [2.75, 3.05) is 13.7 Å². The summed E-state index contributed by atoms with van der Waals surface area (Å²) in [6, 6.07) is 24.8. The number of carbonyl (C=O) groups excluding carboxylic acids is 2. The minimum atomic E-state index is -0.611. The molecule has 0 spiro atoms. The Hall–Kier alpha value is -3.60. The van der Waals surface area contributed by atoms with Crippen molar-refractivity contribution in [3.63, 3.8) is 0 Å². The van der Waals surface area contributed by atoms with E-state index in [4.69, 9.17) is 4.74 Å². The van der Waals surface area contributed by atoms with Crippen LogP contribution < -0.4 is 10.1 Å². The van der Waals surface area contributed by atoms with Gasteiger partial charge in [0, 0.05) is 19.5 Å². The quantitative estimate of drug-likeness (QED) is 0.373. The van der Waals surface area contributed by atoms with E-state index in [1.165, 1.54) is 0 Å². The molecular weight excluding hydrogens is 436 g/mol. The molecule has 0 aliphatic carbocycles. The second-order valence-electron chi connectivity index (χ2n) is 8.82. The average Bonchev–Trinajstić information content (AvgIpc) is 2.88. The molecule has 184 valence electrons. The first-order valence-electron chi connectivity index (χ1n) is 12.3. The molecule has 3 aromatic carbocycles. The summed E-state index contributed by atoms with van der Waals surface area (Å²) >= 11 is 0. The van der Waals surface area contributed by atoms with Crippen molar-refractivity contribution >= 4 is 11.8 Å². The number of amides is 2. The molecule has 0 heterocycles. The molecule has 0 unspecified atom stereocenters. The number of hydrogen-bond acceptors (Lipinski definition) is 3. The molecule has 1 N–H and O–H groups in total. The molecule has 0 aliphatic rings. The van der Waals surface area contributed by atoms with Crippen LogP contribution in [0.15, 0.2) is 78.9 Å². The van der Waals surface area contributed by atoms with Crippen molar-refractivity contribution in [1.82, 2.24) is 10.2 Å². The maximum atomic E-state index is 13.8. The highest BCUT2D eigenvalue weighted by molar-refractivity contribution is 5.88. The number of methoxy groups -OCH3 is 1. The zero-order valence-electron chi connectivity index (χ0n) is 21.0. The van der Waals surface area contributed by atoms with Gasteiger partial charge in [0.2, 0.25) is 11.8 Å². The lowest BCUT2D eigenvalue weighted by Gasteiger charge is -2.32. The SMILES string of the molecule is CCCCNC(=O)[C@@H](Cc1ccccc1)N(Cc1ccccc1C)C(=O)Cc1ccc(OC)cc1. The van der Waals surface area contributed by atoms with Crippen LogP contribution in [0.2, 0.25) is 0 Å². The Morgan fingerprint density at radius 2 is 1.60 bits per heavy atom. The molecule has 3 aromatic rings. The molecule has 0 saturated heterocycles. The third-order valence-corrected chi connectivity index (χ3v) is 6.22. The first kappa shape index (κ1) is 26.0. The number of nitrogens with zero attached hydrogens (tertiary/aromatic N) is 1. The minimum absolute atomic E-state index is 0.0787. The van der Waals surface area contributed by atoms with Gasteiger partial charge in [0.05, 0.1) is 13.5 Å². The summed E-state index contributed by atoms with van der Waals surface area (Å²) in [6.45, 7) is 5.11. The van der Waals surface area contributed by atoms with Crippen LogP contribution in [0.3, 0.4) is 0 Å². The standard InChI is InChI=1S/C30H36N2O3/c1-4-5-19-31-30(34)28(20-24-12-7-6-8-13-24)32(22-26-14-10-9-11-23(26)2)29(33)21-25-15-17-27(35-3)18-16-25/h6-18,28H,4-5,19-22H2,1-3H3,(H,31,34)/t28-/m1/s1. The first-order valence-corrected chi connectivity index (χ1v) is 12.3. The highest BCUT2D eigenvalue weighted by Gasteiger charge is 2.30. The Morgan fingerprint density at radius 3 is 2.26 bits per heavy atom. The Balaban J connectivity index is 1.93. The summed E-state index contributed by atoms with van der Waals surface area (Å²) in [4.78, 5) is 29.0. The summed E-state index contributed by atoms with van der Waals surface area (Å²) in [5, 5.41) is 3.07. The van der Waals surface area contributed by atoms with Gasteiger partial charge in [-0.25, -0.2) is 0 Å². The van der Waals surface area contributed by atoms with Gasteiger partial charge in [-0.1, -0.05) is 80.1 Å². The molecule has 2 amide bonds. The molecule has 5 heteroatoms. The first-order chi connectivity index (χ1) is 17.0. The third-order valence-electron chi connectivity index (χ3n) is 6.22. The number of benzene rings is 3. The van der Waals surface area contributed by atoms with Gasteiger partial charge in [0.15, 0.2) is 0 Å². The van der Waals surface area contributed by atoms with Gasteiger partial charge in [-0.05, 0) is 47.7 Å². The maximum Gasteiger partial charge on any atom is 0.243 e. The van der Waals surface area contributed by atoms with Crippen LogP contribution >= 0.6 is 0 Å². The van der Waals surface area contributed by atoms with Crippen LogP contribution in [-0.4, -0.2) is 36.4 Å². The largest absolute Gasteiger partial charge is 0.497 e. The van der Waals surface area contributed by atoms with Crippen LogP contribution in [0.1, 0.15) is 42.0 Å². The topological polar surface area (TPSA) is 58.6 Å².